The van der Waals surface area contributed by atoms with Crippen LogP contribution < -0.4 is 10.6 Å². The lowest BCUT2D eigenvalue weighted by Gasteiger charge is -2.12. The maximum Gasteiger partial charge on any atom is 0.190 e. The third kappa shape index (κ3) is 7.59. The Morgan fingerprint density at radius 1 is 1.04 bits per heavy atom. The number of benzene rings is 2. The van der Waals surface area contributed by atoms with Gasteiger partial charge in [-0.05, 0) is 67.1 Å². The van der Waals surface area contributed by atoms with E-state index in [1.165, 1.54) is 11.6 Å². The van der Waals surface area contributed by atoms with Crippen LogP contribution in [0.4, 0.5) is 4.39 Å². The number of phenolic OH excluding ortho intramolecular Hbond substituents is 1. The average molecular weight is 471 g/mol. The highest BCUT2D eigenvalue weighted by Gasteiger charge is 2.02. The van der Waals surface area contributed by atoms with Crippen molar-refractivity contribution in [3.63, 3.8) is 0 Å². The molecule has 0 aliphatic carbocycles. The molecule has 0 bridgehead atoms. The van der Waals surface area contributed by atoms with E-state index in [4.69, 9.17) is 0 Å². The summed E-state index contributed by atoms with van der Waals surface area (Å²) < 4.78 is 13.1. The number of guanidine groups is 1. The fourth-order valence-electron chi connectivity index (χ4n) is 2.64. The minimum atomic E-state index is -0.194. The third-order valence-corrected chi connectivity index (χ3v) is 4.09. The number of aliphatic imine (C=N–C) groups is 1. The van der Waals surface area contributed by atoms with Gasteiger partial charge in [-0.2, -0.15) is 0 Å². The van der Waals surface area contributed by atoms with Gasteiger partial charge >= 0.3 is 0 Å². The van der Waals surface area contributed by atoms with Gasteiger partial charge in [-0.25, -0.2) is 4.39 Å². The predicted octanol–water partition coefficient (Wildman–Crippen LogP) is 3.80. The van der Waals surface area contributed by atoms with Gasteiger partial charge in [0.1, 0.15) is 11.6 Å². The standard InChI is InChI=1S/C20H26FN3O.HI/c1-15-14-18(21)8-7-17(15)11-13-24-20(22-2)23-12-3-4-16-5-9-19(25)10-6-16;/h5-10,14,25H,3-4,11-13H2,1-2H3,(H2,22,23,24);1H. The Morgan fingerprint density at radius 3 is 2.38 bits per heavy atom. The van der Waals surface area contributed by atoms with E-state index in [-0.39, 0.29) is 29.8 Å². The molecule has 0 aliphatic rings. The molecule has 142 valence electrons. The zero-order valence-electron chi connectivity index (χ0n) is 15.3. The molecule has 0 saturated heterocycles. The van der Waals surface area contributed by atoms with Crippen LogP contribution >= 0.6 is 24.0 Å². The first-order valence-electron chi connectivity index (χ1n) is 8.56. The Bertz CT molecular complexity index is 705. The molecule has 0 atom stereocenters. The Hall–Kier alpha value is -1.83. The van der Waals surface area contributed by atoms with Gasteiger partial charge in [-0.15, -0.1) is 24.0 Å². The van der Waals surface area contributed by atoms with Crippen LogP contribution in [0.1, 0.15) is 23.1 Å². The molecule has 0 spiro atoms. The second kappa shape index (κ2) is 11.7. The van der Waals surface area contributed by atoms with Gasteiger partial charge in [0.05, 0.1) is 0 Å². The Balaban J connectivity index is 0.00000338. The van der Waals surface area contributed by atoms with Crippen LogP contribution in [-0.4, -0.2) is 31.2 Å². The van der Waals surface area contributed by atoms with Gasteiger partial charge in [0, 0.05) is 20.1 Å². The minimum absolute atomic E-state index is 0. The van der Waals surface area contributed by atoms with Crippen molar-refractivity contribution in [2.75, 3.05) is 20.1 Å². The lowest BCUT2D eigenvalue weighted by Crippen LogP contribution is -2.38. The molecule has 2 rings (SSSR count). The molecule has 0 saturated carbocycles. The van der Waals surface area contributed by atoms with Gasteiger partial charge in [0.25, 0.3) is 0 Å². The highest BCUT2D eigenvalue weighted by molar-refractivity contribution is 14.0. The predicted molar refractivity (Wildman–Crippen MR) is 116 cm³/mol. The second-order valence-electron chi connectivity index (χ2n) is 6.02. The lowest BCUT2D eigenvalue weighted by molar-refractivity contribution is 0.475. The largest absolute Gasteiger partial charge is 0.508 e. The summed E-state index contributed by atoms with van der Waals surface area (Å²) in [5, 5.41) is 15.8. The summed E-state index contributed by atoms with van der Waals surface area (Å²) in [7, 11) is 1.75. The third-order valence-electron chi connectivity index (χ3n) is 4.09. The Kier molecular flexibility index (Phi) is 10.0. The smallest absolute Gasteiger partial charge is 0.190 e. The normalized spacial score (nSPS) is 11.0. The van der Waals surface area contributed by atoms with Gasteiger partial charge < -0.3 is 15.7 Å². The quantitative estimate of drug-likeness (QED) is 0.249. The molecular formula is C20H27FIN3O. The number of rotatable bonds is 7. The summed E-state index contributed by atoms with van der Waals surface area (Å²) in [6.07, 6.45) is 2.74. The van der Waals surface area contributed by atoms with Gasteiger partial charge in [0.15, 0.2) is 5.96 Å². The second-order valence-corrected chi connectivity index (χ2v) is 6.02. The molecule has 0 unspecified atom stereocenters. The molecule has 0 fully saturated rings. The van der Waals surface area contributed by atoms with Crippen LogP contribution in [0.25, 0.3) is 0 Å². The fraction of sp³-hybridized carbons (Fsp3) is 0.350. The van der Waals surface area contributed by atoms with Crippen molar-refractivity contribution in [2.45, 2.75) is 26.2 Å². The number of nitrogens with one attached hydrogen (secondary N) is 2. The topological polar surface area (TPSA) is 56.7 Å². The van der Waals surface area contributed by atoms with Gasteiger partial charge in [-0.1, -0.05) is 18.2 Å². The molecule has 2 aromatic rings. The lowest BCUT2D eigenvalue weighted by atomic mass is 10.1. The molecule has 26 heavy (non-hydrogen) atoms. The number of aromatic hydroxyl groups is 1. The average Bonchev–Trinajstić information content (AvgIpc) is 2.60. The van der Waals surface area contributed by atoms with Crippen LogP contribution in [0.15, 0.2) is 47.5 Å². The van der Waals surface area contributed by atoms with Gasteiger partial charge in [0.2, 0.25) is 0 Å². The highest BCUT2D eigenvalue weighted by atomic mass is 127. The summed E-state index contributed by atoms with van der Waals surface area (Å²) in [6.45, 7) is 3.48. The molecular weight excluding hydrogens is 444 g/mol. The molecule has 4 nitrogen and oxygen atoms in total. The van der Waals surface area contributed by atoms with E-state index in [1.807, 2.05) is 25.1 Å². The van der Waals surface area contributed by atoms with E-state index in [0.29, 0.717) is 5.75 Å². The molecule has 6 heteroatoms. The minimum Gasteiger partial charge on any atom is -0.508 e. The number of hydrogen-bond donors (Lipinski definition) is 3. The van der Waals surface area contributed by atoms with E-state index in [2.05, 4.69) is 15.6 Å². The highest BCUT2D eigenvalue weighted by Crippen LogP contribution is 2.11. The summed E-state index contributed by atoms with van der Waals surface area (Å²) in [4.78, 5) is 4.21. The number of nitrogens with zero attached hydrogens (tertiary/aromatic N) is 1. The van der Waals surface area contributed by atoms with Crippen LogP contribution in [0, 0.1) is 12.7 Å². The van der Waals surface area contributed by atoms with Crippen molar-refractivity contribution < 1.29 is 9.50 Å². The zero-order valence-corrected chi connectivity index (χ0v) is 17.6. The van der Waals surface area contributed by atoms with Crippen LogP contribution in [0.2, 0.25) is 0 Å². The van der Waals surface area contributed by atoms with Crippen molar-refractivity contribution in [3.05, 3.63) is 65.0 Å². The van der Waals surface area contributed by atoms with Gasteiger partial charge in [-0.3, -0.25) is 4.99 Å². The number of phenols is 1. The van der Waals surface area contributed by atoms with Crippen LogP contribution in [0.3, 0.4) is 0 Å². The first-order chi connectivity index (χ1) is 12.1. The van der Waals surface area contributed by atoms with E-state index in [1.54, 1.807) is 25.2 Å². The maximum absolute atomic E-state index is 13.1. The van der Waals surface area contributed by atoms with Crippen molar-refractivity contribution >= 4 is 29.9 Å². The van der Waals surface area contributed by atoms with Crippen molar-refractivity contribution in [1.82, 2.24) is 10.6 Å². The van der Waals surface area contributed by atoms with Crippen molar-refractivity contribution in [2.24, 2.45) is 4.99 Å². The summed E-state index contributed by atoms with van der Waals surface area (Å²) in [6, 6.07) is 12.2. The maximum atomic E-state index is 13.1. The number of halogens is 2. The van der Waals surface area contributed by atoms with Crippen LogP contribution in [0.5, 0.6) is 5.75 Å². The number of hydrogen-bond acceptors (Lipinski definition) is 2. The molecule has 2 aromatic carbocycles. The van der Waals surface area contributed by atoms with E-state index < -0.39 is 0 Å². The monoisotopic (exact) mass is 471 g/mol. The Morgan fingerprint density at radius 2 is 1.73 bits per heavy atom. The first-order valence-corrected chi connectivity index (χ1v) is 8.56. The van der Waals surface area contributed by atoms with Crippen molar-refractivity contribution in [1.29, 1.82) is 0 Å². The number of aryl methyl sites for hydroxylation is 2. The molecule has 0 aliphatic heterocycles. The Labute approximate surface area is 172 Å². The van der Waals surface area contributed by atoms with Crippen LogP contribution in [-0.2, 0) is 12.8 Å². The first kappa shape index (κ1) is 22.2. The van der Waals surface area contributed by atoms with E-state index in [9.17, 15) is 9.50 Å². The molecule has 0 amide bonds. The summed E-state index contributed by atoms with van der Waals surface area (Å²) >= 11 is 0. The molecule has 0 radical (unpaired) electrons. The molecule has 3 N–H and O–H groups in total. The molecule has 0 aromatic heterocycles. The molecule has 0 heterocycles. The summed E-state index contributed by atoms with van der Waals surface area (Å²) in [5.41, 5.74) is 3.31. The SMILES string of the molecule is CN=C(NCCCc1ccc(O)cc1)NCCc1ccc(F)cc1C.I. The fourth-order valence-corrected chi connectivity index (χ4v) is 2.64. The van der Waals surface area contributed by atoms with E-state index >= 15 is 0 Å². The van der Waals surface area contributed by atoms with Crippen molar-refractivity contribution in [3.8, 4) is 5.75 Å². The van der Waals surface area contributed by atoms with E-state index in [0.717, 1.165) is 49.4 Å². The summed E-state index contributed by atoms with van der Waals surface area (Å²) in [5.74, 6) is 0.869. The zero-order chi connectivity index (χ0) is 18.1.